The lowest BCUT2D eigenvalue weighted by Gasteiger charge is -2.27. The maximum absolute atomic E-state index is 12.8. The first-order chi connectivity index (χ1) is 15.0. The number of furan rings is 1. The first-order valence-electron chi connectivity index (χ1n) is 9.69. The monoisotopic (exact) mass is 442 g/mol. The molecule has 0 saturated carbocycles. The lowest BCUT2D eigenvalue weighted by atomic mass is 10.1. The number of aromatic nitrogens is 3. The van der Waals surface area contributed by atoms with Gasteiger partial charge >= 0.3 is 6.18 Å². The second-order valence-corrected chi connectivity index (χ2v) is 8.18. The molecule has 0 unspecified atom stereocenters. The number of halogens is 3. The van der Waals surface area contributed by atoms with Gasteiger partial charge in [-0.3, -0.25) is 4.90 Å². The molecular weight excluding hydrogens is 425 g/mol. The minimum atomic E-state index is -4.33. The molecule has 4 aromatic rings. The Hall–Kier alpha value is -3.04. The third-order valence-corrected chi connectivity index (χ3v) is 6.09. The van der Waals surface area contributed by atoms with Crippen LogP contribution >= 0.6 is 11.3 Å². The maximum atomic E-state index is 12.8. The number of fused-ring (bicyclic) bond motifs is 1. The molecule has 1 aromatic carbocycles. The fraction of sp³-hybridized carbons (Fsp3) is 0.227. The lowest BCUT2D eigenvalue weighted by Crippen LogP contribution is -2.31. The molecule has 0 radical (unpaired) electrons. The van der Waals surface area contributed by atoms with Crippen molar-refractivity contribution in [2.45, 2.75) is 25.7 Å². The third-order valence-electron chi connectivity index (χ3n) is 5.15. The van der Waals surface area contributed by atoms with Gasteiger partial charge in [-0.1, -0.05) is 12.1 Å². The molecule has 0 spiro atoms. The molecule has 31 heavy (non-hydrogen) atoms. The van der Waals surface area contributed by atoms with Crippen molar-refractivity contribution < 1.29 is 17.6 Å². The smallest absolute Gasteiger partial charge is 0.416 e. The van der Waals surface area contributed by atoms with Crippen molar-refractivity contribution in [3.63, 3.8) is 0 Å². The SMILES string of the molecule is FC(F)(F)c1ccc(-c2nc(CN3CCc4nc(-c5ccco5)ncc4C3)cs2)cc1. The van der Waals surface area contributed by atoms with E-state index in [1.807, 2.05) is 23.7 Å². The summed E-state index contributed by atoms with van der Waals surface area (Å²) in [6.07, 6.45) is -0.0747. The van der Waals surface area contributed by atoms with Gasteiger partial charge in [-0.2, -0.15) is 13.2 Å². The zero-order valence-corrected chi connectivity index (χ0v) is 17.1. The summed E-state index contributed by atoms with van der Waals surface area (Å²) < 4.78 is 43.6. The van der Waals surface area contributed by atoms with Gasteiger partial charge in [0.2, 0.25) is 0 Å². The molecule has 5 nitrogen and oxygen atoms in total. The fourth-order valence-electron chi connectivity index (χ4n) is 3.58. The molecule has 0 aliphatic carbocycles. The summed E-state index contributed by atoms with van der Waals surface area (Å²) in [4.78, 5) is 15.9. The second-order valence-electron chi connectivity index (χ2n) is 7.32. The van der Waals surface area contributed by atoms with E-state index in [-0.39, 0.29) is 0 Å². The summed E-state index contributed by atoms with van der Waals surface area (Å²) >= 11 is 1.44. The highest BCUT2D eigenvalue weighted by molar-refractivity contribution is 7.13. The lowest BCUT2D eigenvalue weighted by molar-refractivity contribution is -0.137. The van der Waals surface area contributed by atoms with Crippen LogP contribution in [0.2, 0.25) is 0 Å². The highest BCUT2D eigenvalue weighted by Gasteiger charge is 2.30. The van der Waals surface area contributed by atoms with E-state index >= 15 is 0 Å². The van der Waals surface area contributed by atoms with Crippen LogP contribution in [0.15, 0.2) is 58.7 Å². The molecule has 1 aliphatic rings. The minimum Gasteiger partial charge on any atom is -0.461 e. The molecule has 0 saturated heterocycles. The molecular formula is C22H17F3N4OS. The van der Waals surface area contributed by atoms with Gasteiger partial charge in [-0.05, 0) is 24.3 Å². The second kappa shape index (κ2) is 7.90. The van der Waals surface area contributed by atoms with Crippen molar-refractivity contribution in [2.75, 3.05) is 6.54 Å². The van der Waals surface area contributed by atoms with Crippen LogP contribution in [0.3, 0.4) is 0 Å². The van der Waals surface area contributed by atoms with Crippen molar-refractivity contribution in [3.8, 4) is 22.2 Å². The minimum absolute atomic E-state index is 0.595. The number of nitrogens with zero attached hydrogens (tertiary/aromatic N) is 4. The standard InChI is InChI=1S/C22H17F3N4OS/c23-22(24,25)16-5-3-14(4-6-16)21-27-17(13-31-21)12-29-8-7-18-15(11-29)10-26-20(28-18)19-2-1-9-30-19/h1-6,9-10,13H,7-8,11-12H2. The Balaban J connectivity index is 1.26. The summed E-state index contributed by atoms with van der Waals surface area (Å²) in [7, 11) is 0. The molecule has 0 atom stereocenters. The van der Waals surface area contributed by atoms with E-state index in [4.69, 9.17) is 4.42 Å². The average molecular weight is 442 g/mol. The summed E-state index contributed by atoms with van der Waals surface area (Å²) in [5.74, 6) is 1.25. The van der Waals surface area contributed by atoms with Crippen LogP contribution < -0.4 is 0 Å². The average Bonchev–Trinajstić information content (AvgIpc) is 3.45. The first kappa shape index (κ1) is 19.9. The molecule has 1 aliphatic heterocycles. The van der Waals surface area contributed by atoms with Crippen LogP contribution in [0.4, 0.5) is 13.2 Å². The number of benzene rings is 1. The van der Waals surface area contributed by atoms with Gasteiger partial charge < -0.3 is 4.42 Å². The van der Waals surface area contributed by atoms with Crippen molar-refractivity contribution in [2.24, 2.45) is 0 Å². The Morgan fingerprint density at radius 1 is 1.10 bits per heavy atom. The normalized spacial score (nSPS) is 14.5. The number of rotatable bonds is 4. The van der Waals surface area contributed by atoms with E-state index in [1.54, 1.807) is 6.26 Å². The highest BCUT2D eigenvalue weighted by Crippen LogP contribution is 2.32. The van der Waals surface area contributed by atoms with Gasteiger partial charge in [0.15, 0.2) is 11.6 Å². The van der Waals surface area contributed by atoms with Crippen molar-refractivity contribution in [1.82, 2.24) is 19.9 Å². The van der Waals surface area contributed by atoms with Crippen molar-refractivity contribution in [3.05, 3.63) is 76.8 Å². The van der Waals surface area contributed by atoms with E-state index in [0.717, 1.165) is 48.6 Å². The molecule has 3 aromatic heterocycles. The van der Waals surface area contributed by atoms with Crippen molar-refractivity contribution in [1.29, 1.82) is 0 Å². The number of thiazole rings is 1. The van der Waals surface area contributed by atoms with Gasteiger partial charge in [-0.25, -0.2) is 15.0 Å². The Bertz CT molecular complexity index is 1190. The van der Waals surface area contributed by atoms with E-state index in [9.17, 15) is 13.2 Å². The van der Waals surface area contributed by atoms with E-state index in [2.05, 4.69) is 19.9 Å². The largest absolute Gasteiger partial charge is 0.461 e. The Morgan fingerprint density at radius 3 is 2.68 bits per heavy atom. The zero-order chi connectivity index (χ0) is 21.4. The Kier molecular flexibility index (Phi) is 5.07. The molecule has 0 N–H and O–H groups in total. The summed E-state index contributed by atoms with van der Waals surface area (Å²) in [6.45, 7) is 2.23. The summed E-state index contributed by atoms with van der Waals surface area (Å²) in [6, 6.07) is 8.77. The van der Waals surface area contributed by atoms with Gasteiger partial charge in [-0.15, -0.1) is 11.3 Å². The predicted molar refractivity (Wildman–Crippen MR) is 110 cm³/mol. The molecule has 158 valence electrons. The molecule has 0 bridgehead atoms. The molecule has 4 heterocycles. The molecule has 0 amide bonds. The predicted octanol–water partition coefficient (Wildman–Crippen LogP) is 5.44. The molecule has 5 rings (SSSR count). The van der Waals surface area contributed by atoms with Crippen LogP contribution in [0, 0.1) is 0 Å². The van der Waals surface area contributed by atoms with Gasteiger partial charge in [0.25, 0.3) is 0 Å². The van der Waals surface area contributed by atoms with Crippen LogP contribution in [-0.4, -0.2) is 26.4 Å². The van der Waals surface area contributed by atoms with Crippen LogP contribution in [0.1, 0.15) is 22.5 Å². The number of hydrogen-bond donors (Lipinski definition) is 0. The topological polar surface area (TPSA) is 55.1 Å². The van der Waals surface area contributed by atoms with Crippen LogP contribution in [0.5, 0.6) is 0 Å². The van der Waals surface area contributed by atoms with Crippen LogP contribution in [0.25, 0.3) is 22.2 Å². The Labute approximate surface area is 180 Å². The maximum Gasteiger partial charge on any atom is 0.416 e. The highest BCUT2D eigenvalue weighted by atomic mass is 32.1. The first-order valence-corrected chi connectivity index (χ1v) is 10.6. The van der Waals surface area contributed by atoms with Crippen LogP contribution in [-0.2, 0) is 25.7 Å². The van der Waals surface area contributed by atoms with E-state index in [0.29, 0.717) is 28.7 Å². The van der Waals surface area contributed by atoms with Gasteiger partial charge in [0.05, 0.1) is 23.2 Å². The Morgan fingerprint density at radius 2 is 1.94 bits per heavy atom. The summed E-state index contributed by atoms with van der Waals surface area (Å²) in [5.41, 5.74) is 3.04. The third kappa shape index (κ3) is 4.24. The molecule has 9 heteroatoms. The molecule has 0 fully saturated rings. The van der Waals surface area contributed by atoms with Crippen molar-refractivity contribution >= 4 is 11.3 Å². The van der Waals surface area contributed by atoms with Gasteiger partial charge in [0, 0.05) is 48.8 Å². The fourth-order valence-corrected chi connectivity index (χ4v) is 4.39. The zero-order valence-electron chi connectivity index (χ0n) is 16.3. The van der Waals surface area contributed by atoms with E-state index < -0.39 is 11.7 Å². The number of hydrogen-bond acceptors (Lipinski definition) is 6. The quantitative estimate of drug-likeness (QED) is 0.421. The van der Waals surface area contributed by atoms with E-state index in [1.165, 1.54) is 23.5 Å². The summed E-state index contributed by atoms with van der Waals surface area (Å²) in [5, 5.41) is 2.67. The van der Waals surface area contributed by atoms with Gasteiger partial charge in [0.1, 0.15) is 5.01 Å². The number of alkyl halides is 3.